The quantitative estimate of drug-likeness (QED) is 0.584. The van der Waals surface area contributed by atoms with Crippen LogP contribution < -0.4 is 4.90 Å². The van der Waals surface area contributed by atoms with Crippen molar-refractivity contribution in [2.45, 2.75) is 0 Å². The minimum Gasteiger partial charge on any atom is -0.480 e. The van der Waals surface area contributed by atoms with E-state index in [1.54, 1.807) is 6.07 Å². The van der Waals surface area contributed by atoms with Crippen LogP contribution in [0.5, 0.6) is 0 Å². The van der Waals surface area contributed by atoms with Gasteiger partial charge in [0.1, 0.15) is 18.2 Å². The maximum atomic E-state index is 10.9. The number of aliphatic carboxylic acids is 1. The minimum atomic E-state index is -1.06. The number of carboxylic acids is 1. The Hall–Kier alpha value is -2.66. The van der Waals surface area contributed by atoms with E-state index < -0.39 is 10.9 Å². The Kier molecular flexibility index (Phi) is 5.43. The van der Waals surface area contributed by atoms with E-state index >= 15 is 0 Å². The number of methoxy groups -OCH3 is 1. The van der Waals surface area contributed by atoms with Crippen molar-refractivity contribution in [3.63, 3.8) is 0 Å². The van der Waals surface area contributed by atoms with E-state index in [0.29, 0.717) is 5.69 Å². The number of hydrogen-bond acceptors (Lipinski definition) is 6. The fourth-order valence-corrected chi connectivity index (χ4v) is 1.63. The Bertz CT molecular complexity index is 553. The molecule has 0 aliphatic carbocycles. The molecule has 0 fully saturated rings. The predicted octanol–water partition coefficient (Wildman–Crippen LogP) is 1.00. The fourth-order valence-electron chi connectivity index (χ4n) is 1.63. The van der Waals surface area contributed by atoms with Crippen molar-refractivity contribution in [1.82, 2.24) is 0 Å². The zero-order chi connectivity index (χ0) is 15.1. The van der Waals surface area contributed by atoms with Crippen LogP contribution in [0, 0.1) is 21.4 Å². The molecular weight excluding hydrogens is 266 g/mol. The third-order valence-corrected chi connectivity index (χ3v) is 2.56. The monoisotopic (exact) mass is 279 g/mol. The lowest BCUT2D eigenvalue weighted by atomic mass is 10.1. The van der Waals surface area contributed by atoms with Crippen molar-refractivity contribution in [2.75, 3.05) is 31.7 Å². The Labute approximate surface area is 114 Å². The molecule has 8 nitrogen and oxygen atoms in total. The Morgan fingerprint density at radius 2 is 2.30 bits per heavy atom. The van der Waals surface area contributed by atoms with Crippen molar-refractivity contribution < 1.29 is 19.6 Å². The van der Waals surface area contributed by atoms with Crippen LogP contribution in [0.15, 0.2) is 18.2 Å². The molecule has 0 unspecified atom stereocenters. The second-order valence-corrected chi connectivity index (χ2v) is 3.88. The third-order valence-electron chi connectivity index (χ3n) is 2.56. The molecular formula is C12H13N3O5. The van der Waals surface area contributed by atoms with E-state index in [2.05, 4.69) is 0 Å². The van der Waals surface area contributed by atoms with Crippen molar-refractivity contribution in [2.24, 2.45) is 0 Å². The summed E-state index contributed by atoms with van der Waals surface area (Å²) in [5, 5.41) is 28.5. The lowest BCUT2D eigenvalue weighted by molar-refractivity contribution is -0.385. The summed E-state index contributed by atoms with van der Waals surface area (Å²) in [5.41, 5.74) is -0.0614. The fraction of sp³-hybridized carbons (Fsp3) is 0.333. The topological polar surface area (TPSA) is 117 Å². The summed E-state index contributed by atoms with van der Waals surface area (Å²) in [7, 11) is 1.47. The summed E-state index contributed by atoms with van der Waals surface area (Å²) in [6, 6.07) is 5.69. The standard InChI is InChI=1S/C12H13N3O5/c1-20-5-4-14(8-12(16)17)10-3-2-9(7-13)11(6-10)15(18)19/h2-3,6H,4-5,8H2,1H3,(H,16,17). The van der Waals surface area contributed by atoms with Gasteiger partial charge in [0.2, 0.25) is 0 Å². The number of hydrogen-bond donors (Lipinski definition) is 1. The molecule has 0 saturated carbocycles. The molecule has 8 heteroatoms. The minimum absolute atomic E-state index is 0.0687. The summed E-state index contributed by atoms with van der Waals surface area (Å²) in [6.45, 7) is 0.235. The molecule has 0 saturated heterocycles. The number of nitro groups is 1. The molecule has 0 aliphatic rings. The molecule has 1 aromatic carbocycles. The van der Waals surface area contributed by atoms with E-state index in [1.807, 2.05) is 0 Å². The van der Waals surface area contributed by atoms with E-state index in [4.69, 9.17) is 15.1 Å². The number of nitriles is 1. The molecule has 1 aromatic rings. The maximum Gasteiger partial charge on any atom is 0.323 e. The smallest absolute Gasteiger partial charge is 0.323 e. The van der Waals surface area contributed by atoms with Crippen LogP contribution in [0.25, 0.3) is 0 Å². The Morgan fingerprint density at radius 3 is 2.80 bits per heavy atom. The lowest BCUT2D eigenvalue weighted by Gasteiger charge is -2.22. The van der Waals surface area contributed by atoms with Gasteiger partial charge >= 0.3 is 5.97 Å². The van der Waals surface area contributed by atoms with E-state index in [-0.39, 0.29) is 30.9 Å². The third kappa shape index (κ3) is 3.93. The summed E-state index contributed by atoms with van der Waals surface area (Å²) < 4.78 is 4.88. The number of nitro benzene ring substituents is 1. The van der Waals surface area contributed by atoms with Crippen LogP contribution in [0.2, 0.25) is 0 Å². The molecule has 0 amide bonds. The summed E-state index contributed by atoms with van der Waals surface area (Å²) in [6.07, 6.45) is 0. The first-order chi connectivity index (χ1) is 9.49. The molecule has 106 valence electrons. The lowest BCUT2D eigenvalue weighted by Crippen LogP contribution is -2.32. The van der Waals surface area contributed by atoms with Crippen LogP contribution in [-0.4, -0.2) is 42.8 Å². The zero-order valence-electron chi connectivity index (χ0n) is 10.8. The summed E-state index contributed by atoms with van der Waals surface area (Å²) in [4.78, 5) is 22.5. The van der Waals surface area contributed by atoms with E-state index in [9.17, 15) is 14.9 Å². The number of rotatable bonds is 7. The number of carboxylic acid groups (broad SMARTS) is 1. The normalized spacial score (nSPS) is 9.80. The van der Waals surface area contributed by atoms with Crippen molar-refractivity contribution >= 4 is 17.3 Å². The highest BCUT2D eigenvalue weighted by Crippen LogP contribution is 2.25. The first-order valence-corrected chi connectivity index (χ1v) is 5.63. The van der Waals surface area contributed by atoms with E-state index in [0.717, 1.165) is 0 Å². The van der Waals surface area contributed by atoms with Gasteiger partial charge in [0.25, 0.3) is 5.69 Å². The van der Waals surface area contributed by atoms with Crippen molar-refractivity contribution in [3.8, 4) is 6.07 Å². The molecule has 20 heavy (non-hydrogen) atoms. The van der Waals surface area contributed by atoms with Crippen LogP contribution in [0.4, 0.5) is 11.4 Å². The van der Waals surface area contributed by atoms with Gasteiger partial charge in [0, 0.05) is 25.4 Å². The van der Waals surface area contributed by atoms with Crippen LogP contribution in [-0.2, 0) is 9.53 Å². The summed E-state index contributed by atoms with van der Waals surface area (Å²) >= 11 is 0. The average molecular weight is 279 g/mol. The van der Waals surface area contributed by atoms with Crippen LogP contribution in [0.3, 0.4) is 0 Å². The van der Waals surface area contributed by atoms with Gasteiger partial charge in [-0.15, -0.1) is 0 Å². The molecule has 1 N–H and O–H groups in total. The SMILES string of the molecule is COCCN(CC(=O)O)c1ccc(C#N)c([N+](=O)[O-])c1. The van der Waals surface area contributed by atoms with E-state index in [1.165, 1.54) is 30.2 Å². The number of benzene rings is 1. The maximum absolute atomic E-state index is 10.9. The van der Waals surface area contributed by atoms with Crippen LogP contribution in [0.1, 0.15) is 5.56 Å². The predicted molar refractivity (Wildman–Crippen MR) is 69.5 cm³/mol. The highest BCUT2D eigenvalue weighted by Gasteiger charge is 2.18. The highest BCUT2D eigenvalue weighted by atomic mass is 16.6. The highest BCUT2D eigenvalue weighted by molar-refractivity contribution is 5.74. The van der Waals surface area contributed by atoms with Crippen molar-refractivity contribution in [3.05, 3.63) is 33.9 Å². The Morgan fingerprint density at radius 1 is 1.60 bits per heavy atom. The molecule has 0 radical (unpaired) electrons. The number of ether oxygens (including phenoxy) is 1. The average Bonchev–Trinajstić information content (AvgIpc) is 2.42. The molecule has 0 aliphatic heterocycles. The van der Waals surface area contributed by atoms with Gasteiger partial charge in [-0.1, -0.05) is 0 Å². The van der Waals surface area contributed by atoms with Gasteiger partial charge in [-0.2, -0.15) is 5.26 Å². The van der Waals surface area contributed by atoms with Gasteiger partial charge in [-0.05, 0) is 12.1 Å². The second kappa shape index (κ2) is 7.06. The zero-order valence-corrected chi connectivity index (χ0v) is 10.8. The van der Waals surface area contributed by atoms with Gasteiger partial charge in [0.15, 0.2) is 0 Å². The van der Waals surface area contributed by atoms with Gasteiger partial charge in [-0.3, -0.25) is 14.9 Å². The molecule has 0 atom stereocenters. The second-order valence-electron chi connectivity index (χ2n) is 3.88. The molecule has 0 spiro atoms. The molecule has 0 aromatic heterocycles. The Balaban J connectivity index is 3.13. The van der Waals surface area contributed by atoms with Gasteiger partial charge < -0.3 is 14.7 Å². The number of anilines is 1. The first-order valence-electron chi connectivity index (χ1n) is 5.63. The molecule has 0 bridgehead atoms. The number of nitrogens with zero attached hydrogens (tertiary/aromatic N) is 3. The van der Waals surface area contributed by atoms with Gasteiger partial charge in [-0.25, -0.2) is 0 Å². The molecule has 0 heterocycles. The first kappa shape index (κ1) is 15.4. The summed E-state index contributed by atoms with van der Waals surface area (Å²) in [5.74, 6) is -1.06. The van der Waals surface area contributed by atoms with Gasteiger partial charge in [0.05, 0.1) is 11.5 Å². The largest absolute Gasteiger partial charge is 0.480 e. The molecule has 1 rings (SSSR count). The van der Waals surface area contributed by atoms with Crippen molar-refractivity contribution in [1.29, 1.82) is 5.26 Å². The number of carbonyl (C=O) groups is 1. The van der Waals surface area contributed by atoms with Crippen LogP contribution >= 0.6 is 0 Å².